The summed E-state index contributed by atoms with van der Waals surface area (Å²) >= 11 is 3.47. The first-order valence-electron chi connectivity index (χ1n) is 7.36. The molecular formula is C18H21BrN2O. The minimum Gasteiger partial charge on any atom is -0.376 e. The monoisotopic (exact) mass is 360 g/mol. The molecule has 0 saturated carbocycles. The third kappa shape index (κ3) is 4.34. The van der Waals surface area contributed by atoms with Crippen molar-refractivity contribution < 1.29 is 4.79 Å². The average Bonchev–Trinajstić information content (AvgIpc) is 2.48. The molecular weight excluding hydrogens is 340 g/mol. The summed E-state index contributed by atoms with van der Waals surface area (Å²) in [4.78, 5) is 12.1. The number of amides is 1. The first-order chi connectivity index (χ1) is 10.5. The summed E-state index contributed by atoms with van der Waals surface area (Å²) in [5.74, 6) is 0.348. The van der Waals surface area contributed by atoms with Gasteiger partial charge in [-0.15, -0.1) is 0 Å². The lowest BCUT2D eigenvalue weighted by Crippen LogP contribution is -2.22. The molecule has 0 heterocycles. The summed E-state index contributed by atoms with van der Waals surface area (Å²) in [6, 6.07) is 13.9. The normalized spacial score (nSPS) is 10.6. The molecule has 0 aromatic heterocycles. The summed E-state index contributed by atoms with van der Waals surface area (Å²) in [5.41, 5.74) is 4.16. The highest BCUT2D eigenvalue weighted by atomic mass is 79.9. The molecule has 0 bridgehead atoms. The Hall–Kier alpha value is -1.81. The molecule has 4 heteroatoms. The number of halogens is 1. The van der Waals surface area contributed by atoms with Gasteiger partial charge in [0, 0.05) is 10.2 Å². The van der Waals surface area contributed by atoms with Crippen LogP contribution in [0.3, 0.4) is 0 Å². The van der Waals surface area contributed by atoms with Crippen molar-refractivity contribution in [3.63, 3.8) is 0 Å². The molecule has 0 aliphatic heterocycles. The molecule has 3 nitrogen and oxygen atoms in total. The van der Waals surface area contributed by atoms with E-state index in [2.05, 4.69) is 46.5 Å². The summed E-state index contributed by atoms with van der Waals surface area (Å²) in [6.07, 6.45) is 0. The van der Waals surface area contributed by atoms with E-state index in [4.69, 9.17) is 0 Å². The first kappa shape index (κ1) is 16.6. The van der Waals surface area contributed by atoms with Gasteiger partial charge in [0.25, 0.3) is 0 Å². The molecule has 0 radical (unpaired) electrons. The van der Waals surface area contributed by atoms with Crippen LogP contribution in [0.2, 0.25) is 0 Å². The van der Waals surface area contributed by atoms with Crippen LogP contribution in [0.4, 0.5) is 11.4 Å². The predicted molar refractivity (Wildman–Crippen MR) is 96.5 cm³/mol. The van der Waals surface area contributed by atoms with Gasteiger partial charge >= 0.3 is 0 Å². The number of carbonyl (C=O) groups is 1. The molecule has 0 saturated heterocycles. The van der Waals surface area contributed by atoms with Crippen molar-refractivity contribution in [1.82, 2.24) is 0 Å². The Morgan fingerprint density at radius 1 is 1.14 bits per heavy atom. The molecule has 1 amide bonds. The second kappa shape index (κ2) is 7.45. The van der Waals surface area contributed by atoms with Crippen LogP contribution in [0.1, 0.15) is 30.9 Å². The quantitative estimate of drug-likeness (QED) is 0.793. The maximum absolute atomic E-state index is 12.1. The lowest BCUT2D eigenvalue weighted by atomic mass is 10.0. The van der Waals surface area contributed by atoms with Crippen molar-refractivity contribution >= 4 is 33.2 Å². The second-order valence-electron chi connectivity index (χ2n) is 5.63. The lowest BCUT2D eigenvalue weighted by Gasteiger charge is -2.14. The van der Waals surface area contributed by atoms with E-state index in [0.29, 0.717) is 5.92 Å². The molecule has 2 aromatic carbocycles. The Bertz CT molecular complexity index is 668. The zero-order valence-corrected chi connectivity index (χ0v) is 14.7. The molecule has 0 aliphatic carbocycles. The number of para-hydroxylation sites is 1. The summed E-state index contributed by atoms with van der Waals surface area (Å²) < 4.78 is 0.892. The third-order valence-corrected chi connectivity index (χ3v) is 4.08. The van der Waals surface area contributed by atoms with E-state index in [1.54, 1.807) is 0 Å². The zero-order chi connectivity index (χ0) is 16.1. The first-order valence-corrected chi connectivity index (χ1v) is 8.15. The van der Waals surface area contributed by atoms with Crippen LogP contribution in [0.15, 0.2) is 46.9 Å². The molecule has 116 valence electrons. The van der Waals surface area contributed by atoms with Crippen molar-refractivity contribution in [3.05, 3.63) is 58.1 Å². The smallest absolute Gasteiger partial charge is 0.243 e. The Morgan fingerprint density at radius 3 is 2.55 bits per heavy atom. The van der Waals surface area contributed by atoms with Gasteiger partial charge < -0.3 is 10.6 Å². The number of hydrogen-bond donors (Lipinski definition) is 2. The SMILES string of the molecule is Cc1ccc(NC(=O)CNc2ccccc2C(C)C)c(Br)c1. The van der Waals surface area contributed by atoms with Crippen molar-refractivity contribution in [2.45, 2.75) is 26.7 Å². The molecule has 2 N–H and O–H groups in total. The molecule has 0 atom stereocenters. The molecule has 2 aromatic rings. The average molecular weight is 361 g/mol. The number of benzene rings is 2. The van der Waals surface area contributed by atoms with E-state index in [0.717, 1.165) is 21.4 Å². The fourth-order valence-corrected chi connectivity index (χ4v) is 2.85. The van der Waals surface area contributed by atoms with Gasteiger partial charge in [-0.1, -0.05) is 38.1 Å². The highest BCUT2D eigenvalue weighted by molar-refractivity contribution is 9.10. The fraction of sp³-hybridized carbons (Fsp3) is 0.278. The number of rotatable bonds is 5. The van der Waals surface area contributed by atoms with Gasteiger partial charge in [-0.2, -0.15) is 0 Å². The fourth-order valence-electron chi connectivity index (χ4n) is 2.25. The van der Waals surface area contributed by atoms with Crippen LogP contribution >= 0.6 is 15.9 Å². The van der Waals surface area contributed by atoms with Gasteiger partial charge in [-0.25, -0.2) is 0 Å². The van der Waals surface area contributed by atoms with Crippen LogP contribution in [-0.4, -0.2) is 12.5 Å². The molecule has 22 heavy (non-hydrogen) atoms. The van der Waals surface area contributed by atoms with Gasteiger partial charge in [0.15, 0.2) is 0 Å². The largest absolute Gasteiger partial charge is 0.376 e. The topological polar surface area (TPSA) is 41.1 Å². The van der Waals surface area contributed by atoms with Crippen molar-refractivity contribution in [3.8, 4) is 0 Å². The van der Waals surface area contributed by atoms with Crippen molar-refractivity contribution in [1.29, 1.82) is 0 Å². The molecule has 0 fully saturated rings. The molecule has 0 spiro atoms. The maximum Gasteiger partial charge on any atom is 0.243 e. The third-order valence-electron chi connectivity index (χ3n) is 3.42. The Kier molecular flexibility index (Phi) is 5.61. The second-order valence-corrected chi connectivity index (χ2v) is 6.48. The Morgan fingerprint density at radius 2 is 1.86 bits per heavy atom. The Balaban J connectivity index is 1.99. The van der Waals surface area contributed by atoms with E-state index >= 15 is 0 Å². The van der Waals surface area contributed by atoms with Crippen LogP contribution in [0.25, 0.3) is 0 Å². The molecule has 0 unspecified atom stereocenters. The minimum absolute atomic E-state index is 0.0666. The molecule has 0 aliphatic rings. The van der Waals surface area contributed by atoms with Gasteiger partial charge in [0.2, 0.25) is 5.91 Å². The maximum atomic E-state index is 12.1. The van der Waals surface area contributed by atoms with Crippen LogP contribution in [0.5, 0.6) is 0 Å². The highest BCUT2D eigenvalue weighted by Gasteiger charge is 2.09. The number of anilines is 2. The van der Waals surface area contributed by atoms with Gasteiger partial charge in [-0.05, 0) is 58.1 Å². The van der Waals surface area contributed by atoms with E-state index < -0.39 is 0 Å². The van der Waals surface area contributed by atoms with E-state index in [9.17, 15) is 4.79 Å². The molecule has 2 rings (SSSR count). The summed E-state index contributed by atoms with van der Waals surface area (Å²) in [7, 11) is 0. The van der Waals surface area contributed by atoms with Gasteiger partial charge in [0.05, 0.1) is 12.2 Å². The highest BCUT2D eigenvalue weighted by Crippen LogP contribution is 2.24. The van der Waals surface area contributed by atoms with Crippen molar-refractivity contribution in [2.75, 3.05) is 17.2 Å². The van der Waals surface area contributed by atoms with Crippen LogP contribution in [0, 0.1) is 6.92 Å². The van der Waals surface area contributed by atoms with Gasteiger partial charge in [0.1, 0.15) is 0 Å². The number of carbonyl (C=O) groups excluding carboxylic acids is 1. The summed E-state index contributed by atoms with van der Waals surface area (Å²) in [5, 5.41) is 6.13. The van der Waals surface area contributed by atoms with Gasteiger partial charge in [-0.3, -0.25) is 4.79 Å². The predicted octanol–water partition coefficient (Wildman–Crippen LogP) is 4.93. The van der Waals surface area contributed by atoms with Crippen LogP contribution in [-0.2, 0) is 4.79 Å². The standard InChI is InChI=1S/C18H21BrN2O/c1-12(2)14-6-4-5-7-16(14)20-11-18(22)21-17-9-8-13(3)10-15(17)19/h4-10,12,20H,11H2,1-3H3,(H,21,22). The number of hydrogen-bond acceptors (Lipinski definition) is 2. The number of aryl methyl sites for hydroxylation is 1. The van der Waals surface area contributed by atoms with E-state index in [1.165, 1.54) is 5.56 Å². The van der Waals surface area contributed by atoms with Crippen molar-refractivity contribution in [2.24, 2.45) is 0 Å². The zero-order valence-electron chi connectivity index (χ0n) is 13.1. The van der Waals surface area contributed by atoms with Crippen LogP contribution < -0.4 is 10.6 Å². The van der Waals surface area contributed by atoms with E-state index in [1.807, 2.05) is 43.3 Å². The minimum atomic E-state index is -0.0666. The number of nitrogens with one attached hydrogen (secondary N) is 2. The van der Waals surface area contributed by atoms with E-state index in [-0.39, 0.29) is 12.5 Å². The summed E-state index contributed by atoms with van der Waals surface area (Å²) in [6.45, 7) is 6.54. The lowest BCUT2D eigenvalue weighted by molar-refractivity contribution is -0.114. The Labute approximate surface area is 140 Å².